The molecular weight excluding hydrogens is 269 g/mol. The maximum Gasteiger partial charge on any atom is 0.333 e. The minimum absolute atomic E-state index is 0.298. The van der Waals surface area contributed by atoms with E-state index in [2.05, 4.69) is 5.32 Å². The molecule has 0 saturated heterocycles. The van der Waals surface area contributed by atoms with E-state index in [1.54, 1.807) is 19.1 Å². The van der Waals surface area contributed by atoms with Gasteiger partial charge in [0.2, 0.25) is 0 Å². The van der Waals surface area contributed by atoms with E-state index in [0.717, 1.165) is 11.1 Å². The minimum Gasteiger partial charge on any atom is -0.464 e. The van der Waals surface area contributed by atoms with Gasteiger partial charge in [-0.3, -0.25) is 0 Å². The molecule has 0 bridgehead atoms. The van der Waals surface area contributed by atoms with Gasteiger partial charge in [0, 0.05) is 5.69 Å². The van der Waals surface area contributed by atoms with Gasteiger partial charge >= 0.3 is 5.97 Å². The standard InChI is InChI=1S/C17H18FNO2/c1-3-21-17(20)16(15-10-5-4-7-12(15)2)19-14-9-6-8-13(18)11-14/h4-11,16,19H,3H2,1-2H3. The van der Waals surface area contributed by atoms with Gasteiger partial charge in [-0.1, -0.05) is 30.3 Å². The van der Waals surface area contributed by atoms with E-state index in [1.807, 2.05) is 31.2 Å². The van der Waals surface area contributed by atoms with E-state index < -0.39 is 6.04 Å². The summed E-state index contributed by atoms with van der Waals surface area (Å²) < 4.78 is 18.4. The molecular formula is C17H18FNO2. The molecule has 21 heavy (non-hydrogen) atoms. The fourth-order valence-electron chi connectivity index (χ4n) is 2.14. The molecule has 2 aromatic rings. The molecule has 3 nitrogen and oxygen atoms in total. The molecule has 0 saturated carbocycles. The molecule has 110 valence electrons. The van der Waals surface area contributed by atoms with Crippen molar-refractivity contribution in [3.8, 4) is 0 Å². The summed E-state index contributed by atoms with van der Waals surface area (Å²) in [7, 11) is 0. The Kier molecular flexibility index (Phi) is 4.93. The zero-order valence-corrected chi connectivity index (χ0v) is 12.1. The number of anilines is 1. The van der Waals surface area contributed by atoms with E-state index in [4.69, 9.17) is 4.74 Å². The maximum atomic E-state index is 13.3. The lowest BCUT2D eigenvalue weighted by atomic mass is 10.0. The Hall–Kier alpha value is -2.36. The Labute approximate surface area is 123 Å². The normalized spacial score (nSPS) is 11.8. The second kappa shape index (κ2) is 6.88. The predicted octanol–water partition coefficient (Wildman–Crippen LogP) is 3.85. The largest absolute Gasteiger partial charge is 0.464 e. The fraction of sp³-hybridized carbons (Fsp3) is 0.235. The first-order chi connectivity index (χ1) is 10.1. The molecule has 0 aliphatic rings. The highest BCUT2D eigenvalue weighted by Gasteiger charge is 2.23. The number of ether oxygens (including phenoxy) is 1. The van der Waals surface area contributed by atoms with Crippen molar-refractivity contribution < 1.29 is 13.9 Å². The van der Waals surface area contributed by atoms with E-state index >= 15 is 0 Å². The van der Waals surface area contributed by atoms with Crippen LogP contribution >= 0.6 is 0 Å². The number of esters is 1. The van der Waals surface area contributed by atoms with Crippen LogP contribution in [0.2, 0.25) is 0 Å². The molecule has 0 aromatic heterocycles. The summed E-state index contributed by atoms with van der Waals surface area (Å²) in [6.07, 6.45) is 0. The molecule has 1 N–H and O–H groups in total. The number of nitrogens with one attached hydrogen (secondary N) is 1. The van der Waals surface area contributed by atoms with Crippen LogP contribution in [0.3, 0.4) is 0 Å². The highest BCUT2D eigenvalue weighted by Crippen LogP contribution is 2.24. The Bertz CT molecular complexity index is 628. The van der Waals surface area contributed by atoms with Crippen LogP contribution < -0.4 is 5.32 Å². The smallest absolute Gasteiger partial charge is 0.333 e. The van der Waals surface area contributed by atoms with Crippen molar-refractivity contribution in [1.82, 2.24) is 0 Å². The Morgan fingerprint density at radius 2 is 2.00 bits per heavy atom. The molecule has 1 unspecified atom stereocenters. The number of halogens is 1. The van der Waals surface area contributed by atoms with Crippen molar-refractivity contribution in [2.45, 2.75) is 19.9 Å². The average molecular weight is 287 g/mol. The first-order valence-electron chi connectivity index (χ1n) is 6.86. The van der Waals surface area contributed by atoms with E-state index in [9.17, 15) is 9.18 Å². The van der Waals surface area contributed by atoms with Crippen LogP contribution in [0.4, 0.5) is 10.1 Å². The van der Waals surface area contributed by atoms with E-state index in [-0.39, 0.29) is 11.8 Å². The summed E-state index contributed by atoms with van der Waals surface area (Å²) in [6.45, 7) is 3.98. The average Bonchev–Trinajstić information content (AvgIpc) is 2.46. The zero-order valence-electron chi connectivity index (χ0n) is 12.1. The first kappa shape index (κ1) is 15.0. The molecule has 0 aliphatic carbocycles. The Balaban J connectivity index is 2.33. The van der Waals surface area contributed by atoms with Crippen LogP contribution in [0, 0.1) is 12.7 Å². The summed E-state index contributed by atoms with van der Waals surface area (Å²) in [5.41, 5.74) is 2.33. The lowest BCUT2D eigenvalue weighted by Gasteiger charge is -2.20. The van der Waals surface area contributed by atoms with Crippen molar-refractivity contribution >= 4 is 11.7 Å². The number of rotatable bonds is 5. The number of carbonyl (C=O) groups is 1. The number of hydrogen-bond acceptors (Lipinski definition) is 3. The number of aryl methyl sites for hydroxylation is 1. The molecule has 4 heteroatoms. The van der Waals surface area contributed by atoms with Gasteiger partial charge in [-0.2, -0.15) is 0 Å². The van der Waals surface area contributed by atoms with Crippen molar-refractivity contribution in [2.24, 2.45) is 0 Å². The van der Waals surface area contributed by atoms with Gasteiger partial charge in [0.25, 0.3) is 0 Å². The first-order valence-corrected chi connectivity index (χ1v) is 6.86. The highest BCUT2D eigenvalue weighted by atomic mass is 19.1. The summed E-state index contributed by atoms with van der Waals surface area (Å²) in [4.78, 5) is 12.2. The van der Waals surface area contributed by atoms with Crippen LogP contribution in [0.1, 0.15) is 24.1 Å². The topological polar surface area (TPSA) is 38.3 Å². The van der Waals surface area contributed by atoms with Gasteiger partial charge in [0.05, 0.1) is 6.61 Å². The van der Waals surface area contributed by atoms with Crippen LogP contribution in [-0.2, 0) is 9.53 Å². The molecule has 1 atom stereocenters. The second-order valence-corrected chi connectivity index (χ2v) is 4.70. The van der Waals surface area contributed by atoms with Crippen LogP contribution in [0.25, 0.3) is 0 Å². The van der Waals surface area contributed by atoms with Crippen LogP contribution in [-0.4, -0.2) is 12.6 Å². The maximum absolute atomic E-state index is 13.3. The van der Waals surface area contributed by atoms with Gasteiger partial charge in [0.15, 0.2) is 6.04 Å². The van der Waals surface area contributed by atoms with Crippen molar-refractivity contribution in [3.63, 3.8) is 0 Å². The summed E-state index contributed by atoms with van der Waals surface area (Å²) in [6, 6.07) is 12.9. The molecule has 0 aliphatic heterocycles. The molecule has 2 rings (SSSR count). The molecule has 2 aromatic carbocycles. The van der Waals surface area contributed by atoms with Crippen LogP contribution in [0.5, 0.6) is 0 Å². The highest BCUT2D eigenvalue weighted by molar-refractivity contribution is 5.81. The fourth-order valence-corrected chi connectivity index (χ4v) is 2.14. The summed E-state index contributed by atoms with van der Waals surface area (Å²) in [5, 5.41) is 3.05. The quantitative estimate of drug-likeness (QED) is 0.849. The SMILES string of the molecule is CCOC(=O)C(Nc1cccc(F)c1)c1ccccc1C. The molecule has 0 radical (unpaired) electrons. The van der Waals surface area contributed by atoms with E-state index in [0.29, 0.717) is 12.3 Å². The van der Waals surface area contributed by atoms with Gasteiger partial charge in [-0.15, -0.1) is 0 Å². The zero-order chi connectivity index (χ0) is 15.2. The van der Waals surface area contributed by atoms with Crippen molar-refractivity contribution in [3.05, 3.63) is 65.5 Å². The lowest BCUT2D eigenvalue weighted by Crippen LogP contribution is -2.24. The number of carbonyl (C=O) groups excluding carboxylic acids is 1. The second-order valence-electron chi connectivity index (χ2n) is 4.70. The van der Waals surface area contributed by atoms with Crippen molar-refractivity contribution in [2.75, 3.05) is 11.9 Å². The van der Waals surface area contributed by atoms with Gasteiger partial charge in [0.1, 0.15) is 5.82 Å². The molecule has 0 amide bonds. The molecule has 0 fully saturated rings. The minimum atomic E-state index is -0.659. The summed E-state index contributed by atoms with van der Waals surface area (Å²) in [5.74, 6) is -0.733. The van der Waals surface area contributed by atoms with Gasteiger partial charge in [-0.25, -0.2) is 9.18 Å². The lowest BCUT2D eigenvalue weighted by molar-refractivity contribution is -0.144. The monoisotopic (exact) mass is 287 g/mol. The predicted molar refractivity (Wildman–Crippen MR) is 80.6 cm³/mol. The van der Waals surface area contributed by atoms with Crippen LogP contribution in [0.15, 0.2) is 48.5 Å². The Morgan fingerprint density at radius 1 is 1.24 bits per heavy atom. The van der Waals surface area contributed by atoms with Gasteiger partial charge < -0.3 is 10.1 Å². The Morgan fingerprint density at radius 3 is 2.67 bits per heavy atom. The third kappa shape index (κ3) is 3.81. The third-order valence-corrected chi connectivity index (χ3v) is 3.16. The molecule has 0 spiro atoms. The van der Waals surface area contributed by atoms with Gasteiger partial charge in [-0.05, 0) is 43.2 Å². The molecule has 0 heterocycles. The third-order valence-electron chi connectivity index (χ3n) is 3.16. The number of benzene rings is 2. The number of hydrogen-bond donors (Lipinski definition) is 1. The van der Waals surface area contributed by atoms with E-state index in [1.165, 1.54) is 12.1 Å². The van der Waals surface area contributed by atoms with Crippen molar-refractivity contribution in [1.29, 1.82) is 0 Å². The summed E-state index contributed by atoms with van der Waals surface area (Å²) >= 11 is 0.